The zero-order valence-electron chi connectivity index (χ0n) is 14.6. The van der Waals surface area contributed by atoms with E-state index in [2.05, 4.69) is 51.2 Å². The SMILES string of the molecule is CC(C)=CCCC(C)=CCCC(C)=CCOC(=S)NC1CC1. The second-order valence-corrected chi connectivity index (χ2v) is 6.85. The minimum atomic E-state index is 0.543. The van der Waals surface area contributed by atoms with Gasteiger partial charge < -0.3 is 10.1 Å². The van der Waals surface area contributed by atoms with Crippen molar-refractivity contribution in [2.24, 2.45) is 0 Å². The molecule has 0 amide bonds. The molecule has 1 aliphatic carbocycles. The predicted octanol–water partition coefficient (Wildman–Crippen LogP) is 5.46. The lowest BCUT2D eigenvalue weighted by molar-refractivity contribution is 0.340. The fourth-order valence-electron chi connectivity index (χ4n) is 2.03. The van der Waals surface area contributed by atoms with E-state index in [1.807, 2.05) is 0 Å². The van der Waals surface area contributed by atoms with E-state index in [0.717, 1.165) is 25.7 Å². The Labute approximate surface area is 141 Å². The van der Waals surface area contributed by atoms with E-state index in [0.29, 0.717) is 17.8 Å². The molecule has 124 valence electrons. The molecule has 0 saturated heterocycles. The molecule has 0 aromatic heterocycles. The summed E-state index contributed by atoms with van der Waals surface area (Å²) in [5, 5.41) is 3.72. The van der Waals surface area contributed by atoms with Crippen molar-refractivity contribution in [2.75, 3.05) is 6.61 Å². The van der Waals surface area contributed by atoms with Crippen LogP contribution in [0.3, 0.4) is 0 Å². The maximum atomic E-state index is 5.49. The molecule has 1 saturated carbocycles. The molecule has 0 spiro atoms. The van der Waals surface area contributed by atoms with Crippen LogP contribution in [0.15, 0.2) is 34.9 Å². The van der Waals surface area contributed by atoms with Crippen LogP contribution in [0.1, 0.15) is 66.2 Å². The molecule has 0 aromatic carbocycles. The van der Waals surface area contributed by atoms with Gasteiger partial charge >= 0.3 is 0 Å². The minimum Gasteiger partial charge on any atom is -0.467 e. The molecule has 0 unspecified atom stereocenters. The molecule has 0 heterocycles. The molecule has 1 aliphatic rings. The van der Waals surface area contributed by atoms with Crippen molar-refractivity contribution in [3.05, 3.63) is 34.9 Å². The number of ether oxygens (including phenoxy) is 1. The smallest absolute Gasteiger partial charge is 0.257 e. The number of rotatable bonds is 9. The van der Waals surface area contributed by atoms with E-state index in [1.165, 1.54) is 29.6 Å². The van der Waals surface area contributed by atoms with Crippen LogP contribution in [-0.4, -0.2) is 17.8 Å². The average molecular weight is 322 g/mol. The molecular formula is C19H31NOS. The standard InChI is InChI=1S/C19H31NOS/c1-15(2)7-5-8-16(3)9-6-10-17(4)13-14-21-19(22)20-18-11-12-18/h7,9,13,18H,5-6,8,10-12,14H2,1-4H3,(H,20,22). The van der Waals surface area contributed by atoms with Crippen LogP contribution >= 0.6 is 12.2 Å². The lowest BCUT2D eigenvalue weighted by atomic mass is 10.1. The van der Waals surface area contributed by atoms with Crippen LogP contribution in [-0.2, 0) is 4.74 Å². The summed E-state index contributed by atoms with van der Waals surface area (Å²) in [6, 6.07) is 0.567. The van der Waals surface area contributed by atoms with Gasteiger partial charge in [-0.15, -0.1) is 0 Å². The summed E-state index contributed by atoms with van der Waals surface area (Å²) in [5.41, 5.74) is 4.25. The highest BCUT2D eigenvalue weighted by Crippen LogP contribution is 2.18. The lowest BCUT2D eigenvalue weighted by Crippen LogP contribution is -2.25. The zero-order chi connectivity index (χ0) is 16.4. The molecule has 0 radical (unpaired) electrons. The normalized spacial score (nSPS) is 15.5. The first-order valence-corrected chi connectivity index (χ1v) is 8.76. The van der Waals surface area contributed by atoms with Crippen LogP contribution in [0.4, 0.5) is 0 Å². The van der Waals surface area contributed by atoms with E-state index in [9.17, 15) is 0 Å². The monoisotopic (exact) mass is 321 g/mol. The molecule has 1 N–H and O–H groups in total. The Morgan fingerprint density at radius 1 is 1.00 bits per heavy atom. The summed E-state index contributed by atoms with van der Waals surface area (Å²) in [6.45, 7) is 9.27. The number of allylic oxidation sites excluding steroid dienone is 5. The average Bonchev–Trinajstić information content (AvgIpc) is 3.22. The molecule has 0 bridgehead atoms. The largest absolute Gasteiger partial charge is 0.467 e. The molecule has 2 nitrogen and oxygen atoms in total. The van der Waals surface area contributed by atoms with Crippen LogP contribution < -0.4 is 5.32 Å². The summed E-state index contributed by atoms with van der Waals surface area (Å²) in [5.74, 6) is 0. The van der Waals surface area contributed by atoms with Crippen molar-refractivity contribution < 1.29 is 4.74 Å². The second-order valence-electron chi connectivity index (χ2n) is 6.48. The number of nitrogens with one attached hydrogen (secondary N) is 1. The summed E-state index contributed by atoms with van der Waals surface area (Å²) in [7, 11) is 0. The highest BCUT2D eigenvalue weighted by atomic mass is 32.1. The van der Waals surface area contributed by atoms with Gasteiger partial charge in [0, 0.05) is 6.04 Å². The van der Waals surface area contributed by atoms with E-state index in [1.54, 1.807) is 0 Å². The van der Waals surface area contributed by atoms with Crippen LogP contribution in [0.2, 0.25) is 0 Å². The Bertz CT molecular complexity index is 440. The first-order valence-electron chi connectivity index (χ1n) is 8.35. The second kappa shape index (κ2) is 10.6. The van der Waals surface area contributed by atoms with Gasteiger partial charge in [0.05, 0.1) is 0 Å². The Morgan fingerprint density at radius 2 is 1.59 bits per heavy atom. The van der Waals surface area contributed by atoms with Gasteiger partial charge in [-0.05, 0) is 84.5 Å². The Kier molecular flexibility index (Phi) is 9.14. The number of thiocarbonyl (C=S) groups is 1. The third-order valence-corrected chi connectivity index (χ3v) is 3.90. The van der Waals surface area contributed by atoms with Crippen LogP contribution in [0.5, 0.6) is 0 Å². The van der Waals surface area contributed by atoms with Crippen molar-refractivity contribution in [1.29, 1.82) is 0 Å². The Hall–Kier alpha value is -1.09. The van der Waals surface area contributed by atoms with Gasteiger partial charge in [0.25, 0.3) is 5.17 Å². The van der Waals surface area contributed by atoms with Crippen molar-refractivity contribution in [1.82, 2.24) is 5.32 Å². The molecule has 0 aliphatic heterocycles. The molecule has 0 atom stereocenters. The summed E-state index contributed by atoms with van der Waals surface area (Å²) < 4.78 is 5.49. The molecule has 1 fully saturated rings. The van der Waals surface area contributed by atoms with Gasteiger partial charge in [-0.25, -0.2) is 0 Å². The maximum Gasteiger partial charge on any atom is 0.257 e. The number of hydrogen-bond donors (Lipinski definition) is 1. The summed E-state index contributed by atoms with van der Waals surface area (Å²) in [6.07, 6.45) is 13.7. The summed E-state index contributed by atoms with van der Waals surface area (Å²) in [4.78, 5) is 0. The van der Waals surface area contributed by atoms with Crippen molar-refractivity contribution in [3.8, 4) is 0 Å². The molecule has 1 rings (SSSR count). The van der Waals surface area contributed by atoms with E-state index in [-0.39, 0.29) is 0 Å². The fourth-order valence-corrected chi connectivity index (χ4v) is 2.27. The molecule has 0 aromatic rings. The van der Waals surface area contributed by atoms with Gasteiger partial charge in [0.2, 0.25) is 0 Å². The lowest BCUT2D eigenvalue weighted by Gasteiger charge is -2.07. The van der Waals surface area contributed by atoms with E-state index < -0.39 is 0 Å². The van der Waals surface area contributed by atoms with Gasteiger partial charge in [0.1, 0.15) is 6.61 Å². The molecule has 3 heteroatoms. The Balaban J connectivity index is 2.12. The molecular weight excluding hydrogens is 290 g/mol. The highest BCUT2D eigenvalue weighted by molar-refractivity contribution is 7.80. The molecule has 22 heavy (non-hydrogen) atoms. The minimum absolute atomic E-state index is 0.543. The van der Waals surface area contributed by atoms with Crippen molar-refractivity contribution in [2.45, 2.75) is 72.3 Å². The Morgan fingerprint density at radius 3 is 2.18 bits per heavy atom. The third-order valence-electron chi connectivity index (χ3n) is 3.67. The quantitative estimate of drug-likeness (QED) is 0.450. The highest BCUT2D eigenvalue weighted by Gasteiger charge is 2.22. The first-order chi connectivity index (χ1) is 10.5. The van der Waals surface area contributed by atoms with E-state index >= 15 is 0 Å². The van der Waals surface area contributed by atoms with Gasteiger partial charge in [0.15, 0.2) is 0 Å². The van der Waals surface area contributed by atoms with Crippen molar-refractivity contribution >= 4 is 17.4 Å². The maximum absolute atomic E-state index is 5.49. The van der Waals surface area contributed by atoms with Gasteiger partial charge in [-0.2, -0.15) is 0 Å². The zero-order valence-corrected chi connectivity index (χ0v) is 15.4. The third kappa shape index (κ3) is 10.6. The first kappa shape index (κ1) is 19.0. The summed E-state index contributed by atoms with van der Waals surface area (Å²) >= 11 is 5.13. The van der Waals surface area contributed by atoms with Gasteiger partial charge in [-0.1, -0.05) is 28.9 Å². The van der Waals surface area contributed by atoms with E-state index in [4.69, 9.17) is 17.0 Å². The predicted molar refractivity (Wildman–Crippen MR) is 100 cm³/mol. The van der Waals surface area contributed by atoms with Crippen molar-refractivity contribution in [3.63, 3.8) is 0 Å². The number of hydrogen-bond acceptors (Lipinski definition) is 2. The van der Waals surface area contributed by atoms with Crippen LogP contribution in [0, 0.1) is 0 Å². The van der Waals surface area contributed by atoms with Gasteiger partial charge in [-0.3, -0.25) is 0 Å². The fraction of sp³-hybridized carbons (Fsp3) is 0.632. The van der Waals surface area contributed by atoms with Crippen LogP contribution in [0.25, 0.3) is 0 Å². The topological polar surface area (TPSA) is 21.3 Å².